The third kappa shape index (κ3) is 4.61. The monoisotopic (exact) mass is 353 g/mol. The van der Waals surface area contributed by atoms with Crippen LogP contribution in [0.4, 0.5) is 17.1 Å². The number of rotatable bonds is 7. The SMILES string of the molecule is COCCN1CC(C(=O)Nc2ccc(Nc3ccccc3)cc2)CC1=O. The van der Waals surface area contributed by atoms with Gasteiger partial charge < -0.3 is 20.3 Å². The minimum absolute atomic E-state index is 0.00427. The average Bonchev–Trinajstić information content (AvgIpc) is 3.03. The molecular weight excluding hydrogens is 330 g/mol. The first kappa shape index (κ1) is 17.9. The lowest BCUT2D eigenvalue weighted by molar-refractivity contribution is -0.128. The van der Waals surface area contributed by atoms with Crippen LogP contribution in [0.3, 0.4) is 0 Å². The fourth-order valence-electron chi connectivity index (χ4n) is 2.93. The van der Waals surface area contributed by atoms with Crippen molar-refractivity contribution in [3.63, 3.8) is 0 Å². The lowest BCUT2D eigenvalue weighted by atomic mass is 10.1. The number of methoxy groups -OCH3 is 1. The van der Waals surface area contributed by atoms with Gasteiger partial charge in [0.15, 0.2) is 0 Å². The number of benzene rings is 2. The van der Waals surface area contributed by atoms with Crippen LogP contribution in [-0.2, 0) is 14.3 Å². The van der Waals surface area contributed by atoms with E-state index in [0.717, 1.165) is 17.1 Å². The second-order valence-electron chi connectivity index (χ2n) is 6.29. The summed E-state index contributed by atoms with van der Waals surface area (Å²) >= 11 is 0. The number of hydrogen-bond donors (Lipinski definition) is 2. The van der Waals surface area contributed by atoms with Gasteiger partial charge >= 0.3 is 0 Å². The Bertz CT molecular complexity index is 747. The molecule has 26 heavy (non-hydrogen) atoms. The van der Waals surface area contributed by atoms with Gasteiger partial charge in [-0.15, -0.1) is 0 Å². The number of nitrogens with one attached hydrogen (secondary N) is 2. The van der Waals surface area contributed by atoms with E-state index in [1.165, 1.54) is 0 Å². The van der Waals surface area contributed by atoms with Gasteiger partial charge in [0.05, 0.1) is 12.5 Å². The maximum Gasteiger partial charge on any atom is 0.229 e. The molecule has 2 aromatic rings. The van der Waals surface area contributed by atoms with Crippen molar-refractivity contribution in [1.82, 2.24) is 4.90 Å². The van der Waals surface area contributed by atoms with Gasteiger partial charge in [0.1, 0.15) is 0 Å². The predicted molar refractivity (Wildman–Crippen MR) is 101 cm³/mol. The van der Waals surface area contributed by atoms with Crippen molar-refractivity contribution in [2.75, 3.05) is 37.4 Å². The molecule has 0 saturated carbocycles. The summed E-state index contributed by atoms with van der Waals surface area (Å²) in [7, 11) is 1.60. The van der Waals surface area contributed by atoms with Crippen molar-refractivity contribution < 1.29 is 14.3 Å². The molecule has 1 atom stereocenters. The third-order valence-electron chi connectivity index (χ3n) is 4.37. The number of amides is 2. The Morgan fingerprint density at radius 1 is 1.08 bits per heavy atom. The zero-order valence-corrected chi connectivity index (χ0v) is 14.8. The highest BCUT2D eigenvalue weighted by Gasteiger charge is 2.33. The van der Waals surface area contributed by atoms with Gasteiger partial charge in [-0.3, -0.25) is 9.59 Å². The predicted octanol–water partition coefficient (Wildman–Crippen LogP) is 2.86. The summed E-state index contributed by atoms with van der Waals surface area (Å²) in [5.74, 6) is -0.437. The first-order valence-corrected chi connectivity index (χ1v) is 8.65. The molecule has 136 valence electrons. The number of anilines is 3. The van der Waals surface area contributed by atoms with Crippen LogP contribution >= 0.6 is 0 Å². The quantitative estimate of drug-likeness (QED) is 0.803. The molecular formula is C20H23N3O3. The van der Waals surface area contributed by atoms with E-state index in [0.29, 0.717) is 19.7 Å². The normalized spacial score (nSPS) is 16.6. The van der Waals surface area contributed by atoms with Crippen molar-refractivity contribution in [2.45, 2.75) is 6.42 Å². The molecule has 1 aliphatic rings. The van der Waals surface area contributed by atoms with Gasteiger partial charge in [-0.05, 0) is 36.4 Å². The van der Waals surface area contributed by atoms with Crippen LogP contribution in [-0.4, -0.2) is 43.5 Å². The van der Waals surface area contributed by atoms with E-state index in [9.17, 15) is 9.59 Å². The van der Waals surface area contributed by atoms with Crippen LogP contribution in [0, 0.1) is 5.92 Å². The van der Waals surface area contributed by atoms with Gasteiger partial charge in [0.2, 0.25) is 11.8 Å². The number of hydrogen-bond acceptors (Lipinski definition) is 4. The van der Waals surface area contributed by atoms with Gasteiger partial charge in [-0.1, -0.05) is 18.2 Å². The minimum atomic E-state index is -0.318. The molecule has 2 amide bonds. The van der Waals surface area contributed by atoms with E-state index in [-0.39, 0.29) is 24.2 Å². The molecule has 1 aliphatic heterocycles. The summed E-state index contributed by atoms with van der Waals surface area (Å²) < 4.78 is 5.00. The van der Waals surface area contributed by atoms with Gasteiger partial charge in [-0.2, -0.15) is 0 Å². The summed E-state index contributed by atoms with van der Waals surface area (Å²) in [6.07, 6.45) is 0.253. The van der Waals surface area contributed by atoms with E-state index in [1.54, 1.807) is 12.0 Å². The molecule has 0 aromatic heterocycles. The number of carbonyl (C=O) groups excluding carboxylic acids is 2. The maximum atomic E-state index is 12.4. The fourth-order valence-corrected chi connectivity index (χ4v) is 2.93. The molecule has 1 saturated heterocycles. The number of carbonyl (C=O) groups is 2. The van der Waals surface area contributed by atoms with E-state index in [1.807, 2.05) is 54.6 Å². The van der Waals surface area contributed by atoms with Crippen LogP contribution in [0.15, 0.2) is 54.6 Å². The Hall–Kier alpha value is -2.86. The number of nitrogens with zero attached hydrogens (tertiary/aromatic N) is 1. The molecule has 6 nitrogen and oxygen atoms in total. The first-order chi connectivity index (χ1) is 12.7. The van der Waals surface area contributed by atoms with Gasteiger partial charge in [-0.25, -0.2) is 0 Å². The van der Waals surface area contributed by atoms with Gasteiger partial charge in [0.25, 0.3) is 0 Å². The smallest absolute Gasteiger partial charge is 0.229 e. The highest BCUT2D eigenvalue weighted by Crippen LogP contribution is 2.22. The first-order valence-electron chi connectivity index (χ1n) is 8.65. The van der Waals surface area contributed by atoms with Crippen LogP contribution in [0.2, 0.25) is 0 Å². The van der Waals surface area contributed by atoms with E-state index in [2.05, 4.69) is 10.6 Å². The molecule has 2 N–H and O–H groups in total. The topological polar surface area (TPSA) is 70.7 Å². The Morgan fingerprint density at radius 3 is 2.42 bits per heavy atom. The van der Waals surface area contributed by atoms with Crippen molar-refractivity contribution in [1.29, 1.82) is 0 Å². The number of ether oxygens (including phenoxy) is 1. The van der Waals surface area contributed by atoms with Crippen LogP contribution in [0.1, 0.15) is 6.42 Å². The maximum absolute atomic E-state index is 12.4. The lowest BCUT2D eigenvalue weighted by Crippen LogP contribution is -2.30. The highest BCUT2D eigenvalue weighted by molar-refractivity contribution is 5.97. The fraction of sp³-hybridized carbons (Fsp3) is 0.300. The van der Waals surface area contributed by atoms with Crippen LogP contribution in [0.25, 0.3) is 0 Å². The third-order valence-corrected chi connectivity index (χ3v) is 4.37. The van der Waals surface area contributed by atoms with Crippen molar-refractivity contribution in [3.05, 3.63) is 54.6 Å². The molecule has 1 heterocycles. The summed E-state index contributed by atoms with van der Waals surface area (Å²) in [6, 6.07) is 17.4. The van der Waals surface area contributed by atoms with Gasteiger partial charge in [0, 0.05) is 43.7 Å². The van der Waals surface area contributed by atoms with Crippen molar-refractivity contribution in [2.24, 2.45) is 5.92 Å². The Kier molecular flexibility index (Phi) is 5.86. The molecule has 2 aromatic carbocycles. The van der Waals surface area contributed by atoms with Crippen LogP contribution < -0.4 is 10.6 Å². The number of para-hydroxylation sites is 1. The lowest BCUT2D eigenvalue weighted by Gasteiger charge is -2.16. The molecule has 6 heteroatoms. The molecule has 0 spiro atoms. The Morgan fingerprint density at radius 2 is 1.73 bits per heavy atom. The molecule has 0 radical (unpaired) electrons. The summed E-state index contributed by atoms with van der Waals surface area (Å²) in [5.41, 5.74) is 2.66. The standard InChI is InChI=1S/C20H23N3O3/c1-26-12-11-23-14-15(13-19(23)24)20(25)22-18-9-7-17(8-10-18)21-16-5-3-2-4-6-16/h2-10,15,21H,11-14H2,1H3,(H,22,25). The van der Waals surface area contributed by atoms with Crippen LogP contribution in [0.5, 0.6) is 0 Å². The largest absolute Gasteiger partial charge is 0.383 e. The van der Waals surface area contributed by atoms with E-state index >= 15 is 0 Å². The number of likely N-dealkylation sites (tertiary alicyclic amines) is 1. The second-order valence-corrected chi connectivity index (χ2v) is 6.29. The van der Waals surface area contributed by atoms with E-state index < -0.39 is 0 Å². The Labute approximate surface area is 153 Å². The zero-order chi connectivity index (χ0) is 18.4. The zero-order valence-electron chi connectivity index (χ0n) is 14.8. The summed E-state index contributed by atoms with van der Waals surface area (Å²) in [6.45, 7) is 1.45. The molecule has 1 fully saturated rings. The molecule has 0 aliphatic carbocycles. The van der Waals surface area contributed by atoms with Crippen molar-refractivity contribution >= 4 is 28.9 Å². The molecule has 3 rings (SSSR count). The second kappa shape index (κ2) is 8.49. The van der Waals surface area contributed by atoms with Crippen molar-refractivity contribution in [3.8, 4) is 0 Å². The summed E-state index contributed by atoms with van der Waals surface area (Å²) in [4.78, 5) is 26.0. The molecule has 0 bridgehead atoms. The van der Waals surface area contributed by atoms with E-state index in [4.69, 9.17) is 4.74 Å². The minimum Gasteiger partial charge on any atom is -0.383 e. The Balaban J connectivity index is 1.54. The highest BCUT2D eigenvalue weighted by atomic mass is 16.5. The summed E-state index contributed by atoms with van der Waals surface area (Å²) in [5, 5.41) is 6.19. The average molecular weight is 353 g/mol. The molecule has 1 unspecified atom stereocenters.